The third-order valence-electron chi connectivity index (χ3n) is 3.41. The van der Waals surface area contributed by atoms with Gasteiger partial charge in [-0.05, 0) is 35.9 Å². The number of hydrogen-bond donors (Lipinski definition) is 1. The van der Waals surface area contributed by atoms with Gasteiger partial charge in [0.2, 0.25) is 0 Å². The smallest absolute Gasteiger partial charge is 0.340 e. The van der Waals surface area contributed by atoms with Crippen LogP contribution >= 0.6 is 15.9 Å². The Labute approximate surface area is 149 Å². The van der Waals surface area contributed by atoms with Crippen LogP contribution in [0.4, 0.5) is 5.69 Å². The summed E-state index contributed by atoms with van der Waals surface area (Å²) in [6, 6.07) is 12.4. The molecule has 5 nitrogen and oxygen atoms in total. The molecule has 6 heteroatoms. The predicted molar refractivity (Wildman–Crippen MR) is 95.5 cm³/mol. The minimum absolute atomic E-state index is 0.0805. The highest BCUT2D eigenvalue weighted by molar-refractivity contribution is 9.10. The van der Waals surface area contributed by atoms with E-state index >= 15 is 0 Å². The summed E-state index contributed by atoms with van der Waals surface area (Å²) in [7, 11) is 3.17. The van der Waals surface area contributed by atoms with Crippen LogP contribution in [0.3, 0.4) is 0 Å². The van der Waals surface area contributed by atoms with Crippen molar-refractivity contribution in [2.45, 2.75) is 6.42 Å². The second kappa shape index (κ2) is 8.61. The number of carbonyl (C=O) groups is 2. The van der Waals surface area contributed by atoms with E-state index in [2.05, 4.69) is 21.2 Å². The highest BCUT2D eigenvalue weighted by Crippen LogP contribution is 2.21. The van der Waals surface area contributed by atoms with Crippen LogP contribution in [0.25, 0.3) is 0 Å². The topological polar surface area (TPSA) is 64.6 Å². The van der Waals surface area contributed by atoms with Crippen molar-refractivity contribution in [1.29, 1.82) is 0 Å². The van der Waals surface area contributed by atoms with E-state index < -0.39 is 5.97 Å². The quantitative estimate of drug-likeness (QED) is 0.443. The van der Waals surface area contributed by atoms with Crippen molar-refractivity contribution in [3.8, 4) is 0 Å². The standard InChI is InChI=1S/C18H18BrNO4/c1-20-16-8-5-13(18(22)24-11-23-2)10-15(16)17(21)9-12-3-6-14(19)7-4-12/h3-8,10,20H,9,11H2,1-2H3. The number of esters is 1. The molecule has 0 saturated heterocycles. The molecule has 0 saturated carbocycles. The molecular formula is C18H18BrNO4. The highest BCUT2D eigenvalue weighted by Gasteiger charge is 2.16. The Bertz CT molecular complexity index is 728. The number of ketones is 1. The Kier molecular flexibility index (Phi) is 6.52. The van der Waals surface area contributed by atoms with Gasteiger partial charge in [0.1, 0.15) is 0 Å². The first kappa shape index (κ1) is 18.2. The van der Waals surface area contributed by atoms with E-state index in [9.17, 15) is 9.59 Å². The summed E-state index contributed by atoms with van der Waals surface area (Å²) in [5, 5.41) is 2.98. The van der Waals surface area contributed by atoms with Gasteiger partial charge in [-0.25, -0.2) is 4.79 Å². The molecule has 2 aromatic carbocycles. The Balaban J connectivity index is 2.24. The van der Waals surface area contributed by atoms with Crippen LogP contribution in [0, 0.1) is 0 Å². The normalized spacial score (nSPS) is 10.3. The summed E-state index contributed by atoms with van der Waals surface area (Å²) in [4.78, 5) is 24.6. The van der Waals surface area contributed by atoms with E-state index in [1.807, 2.05) is 24.3 Å². The zero-order chi connectivity index (χ0) is 17.5. The summed E-state index contributed by atoms with van der Waals surface area (Å²) in [5.74, 6) is -0.611. The molecule has 0 radical (unpaired) electrons. The Hall–Kier alpha value is -2.18. The number of halogens is 1. The maximum atomic E-state index is 12.6. The molecule has 0 atom stereocenters. The molecule has 0 bridgehead atoms. The molecule has 0 aliphatic rings. The van der Waals surface area contributed by atoms with Gasteiger partial charge in [-0.3, -0.25) is 4.79 Å². The predicted octanol–water partition coefficient (Wildman–Crippen LogP) is 3.68. The number of nitrogens with one attached hydrogen (secondary N) is 1. The fourth-order valence-electron chi connectivity index (χ4n) is 2.20. The van der Waals surface area contributed by atoms with E-state index in [1.165, 1.54) is 7.11 Å². The maximum absolute atomic E-state index is 12.6. The summed E-state index contributed by atoms with van der Waals surface area (Å²) >= 11 is 3.37. The third kappa shape index (κ3) is 4.66. The Morgan fingerprint density at radius 1 is 1.12 bits per heavy atom. The largest absolute Gasteiger partial charge is 0.435 e. The summed E-state index contributed by atoms with van der Waals surface area (Å²) in [6.45, 7) is -0.130. The van der Waals surface area contributed by atoms with Crippen molar-refractivity contribution in [1.82, 2.24) is 0 Å². The number of anilines is 1. The number of ether oxygens (including phenoxy) is 2. The van der Waals surface area contributed by atoms with Crippen LogP contribution in [0.2, 0.25) is 0 Å². The van der Waals surface area contributed by atoms with Crippen molar-refractivity contribution in [2.24, 2.45) is 0 Å². The monoisotopic (exact) mass is 391 g/mol. The molecule has 0 unspecified atom stereocenters. The van der Waals surface area contributed by atoms with Crippen LogP contribution in [0.5, 0.6) is 0 Å². The first-order valence-corrected chi connectivity index (χ1v) is 8.10. The average Bonchev–Trinajstić information content (AvgIpc) is 2.61. The maximum Gasteiger partial charge on any atom is 0.340 e. The lowest BCUT2D eigenvalue weighted by atomic mass is 9.99. The summed E-state index contributed by atoms with van der Waals surface area (Å²) in [5.41, 5.74) is 2.33. The van der Waals surface area contributed by atoms with E-state index in [0.717, 1.165) is 10.0 Å². The number of Topliss-reactive ketones (excluding diaryl/α,β-unsaturated/α-hetero) is 1. The van der Waals surface area contributed by atoms with Crippen molar-refractivity contribution in [3.63, 3.8) is 0 Å². The van der Waals surface area contributed by atoms with Gasteiger partial charge in [0.05, 0.1) is 5.56 Å². The zero-order valence-corrected chi connectivity index (χ0v) is 15.1. The molecule has 0 spiro atoms. The number of methoxy groups -OCH3 is 1. The van der Waals surface area contributed by atoms with Gasteiger partial charge in [-0.1, -0.05) is 28.1 Å². The van der Waals surface area contributed by atoms with Gasteiger partial charge in [0, 0.05) is 36.3 Å². The SMILES string of the molecule is CNc1ccc(C(=O)OCOC)cc1C(=O)Cc1ccc(Br)cc1. The van der Waals surface area contributed by atoms with Crippen LogP contribution in [-0.2, 0) is 15.9 Å². The van der Waals surface area contributed by atoms with E-state index in [0.29, 0.717) is 16.8 Å². The third-order valence-corrected chi connectivity index (χ3v) is 3.94. The minimum Gasteiger partial charge on any atom is -0.435 e. The van der Waals surface area contributed by atoms with Gasteiger partial charge < -0.3 is 14.8 Å². The van der Waals surface area contributed by atoms with Gasteiger partial charge in [0.25, 0.3) is 0 Å². The second-order valence-corrected chi connectivity index (χ2v) is 5.99. The zero-order valence-electron chi connectivity index (χ0n) is 13.5. The Morgan fingerprint density at radius 2 is 1.83 bits per heavy atom. The minimum atomic E-state index is -0.530. The summed E-state index contributed by atoms with van der Waals surface area (Å²) in [6.07, 6.45) is 0.249. The van der Waals surface area contributed by atoms with Crippen LogP contribution in [0.1, 0.15) is 26.3 Å². The average molecular weight is 392 g/mol. The lowest BCUT2D eigenvalue weighted by molar-refractivity contribution is -0.0125. The molecular weight excluding hydrogens is 374 g/mol. The molecule has 2 rings (SSSR count). The van der Waals surface area contributed by atoms with Crippen LogP contribution in [-0.4, -0.2) is 32.7 Å². The van der Waals surface area contributed by atoms with Crippen molar-refractivity contribution < 1.29 is 19.1 Å². The Morgan fingerprint density at radius 3 is 2.46 bits per heavy atom. The molecule has 0 fully saturated rings. The number of benzene rings is 2. The molecule has 0 aliphatic heterocycles. The second-order valence-electron chi connectivity index (χ2n) is 5.08. The van der Waals surface area contributed by atoms with Gasteiger partial charge >= 0.3 is 5.97 Å². The van der Waals surface area contributed by atoms with Crippen LogP contribution in [0.15, 0.2) is 46.9 Å². The lowest BCUT2D eigenvalue weighted by Crippen LogP contribution is -2.12. The van der Waals surface area contributed by atoms with Gasteiger partial charge in [-0.15, -0.1) is 0 Å². The van der Waals surface area contributed by atoms with Crippen molar-refractivity contribution in [3.05, 3.63) is 63.6 Å². The number of rotatable bonds is 7. The summed E-state index contributed by atoms with van der Waals surface area (Å²) < 4.78 is 10.6. The van der Waals surface area contributed by atoms with E-state index in [4.69, 9.17) is 9.47 Å². The molecule has 0 aromatic heterocycles. The number of carbonyl (C=O) groups excluding carboxylic acids is 2. The van der Waals surface area contributed by atoms with Crippen molar-refractivity contribution >= 4 is 33.4 Å². The highest BCUT2D eigenvalue weighted by atomic mass is 79.9. The van der Waals surface area contributed by atoms with Gasteiger partial charge in [-0.2, -0.15) is 0 Å². The molecule has 0 heterocycles. The lowest BCUT2D eigenvalue weighted by Gasteiger charge is -2.11. The van der Waals surface area contributed by atoms with E-state index in [-0.39, 0.29) is 19.0 Å². The first-order valence-electron chi connectivity index (χ1n) is 7.30. The fraction of sp³-hybridized carbons (Fsp3) is 0.222. The van der Waals surface area contributed by atoms with E-state index in [1.54, 1.807) is 25.2 Å². The first-order chi connectivity index (χ1) is 11.5. The number of hydrogen-bond acceptors (Lipinski definition) is 5. The van der Waals surface area contributed by atoms with Crippen molar-refractivity contribution in [2.75, 3.05) is 26.3 Å². The molecule has 0 aliphatic carbocycles. The fourth-order valence-corrected chi connectivity index (χ4v) is 2.46. The molecule has 126 valence electrons. The molecule has 1 N–H and O–H groups in total. The molecule has 24 heavy (non-hydrogen) atoms. The molecule has 2 aromatic rings. The van der Waals surface area contributed by atoms with Crippen LogP contribution < -0.4 is 5.32 Å². The molecule has 0 amide bonds. The van der Waals surface area contributed by atoms with Gasteiger partial charge in [0.15, 0.2) is 12.6 Å².